The first kappa shape index (κ1) is 18.1. The minimum atomic E-state index is 0.0177. The number of aryl methyl sites for hydroxylation is 1. The van der Waals surface area contributed by atoms with Crippen LogP contribution in [0.3, 0.4) is 0 Å². The Bertz CT molecular complexity index is 1080. The predicted octanol–water partition coefficient (Wildman–Crippen LogP) is 5.49. The molecule has 3 heterocycles. The molecule has 27 heavy (non-hydrogen) atoms. The molecule has 4 aromatic rings. The fourth-order valence-electron chi connectivity index (χ4n) is 2.80. The number of halogens is 1. The third-order valence-corrected chi connectivity index (χ3v) is 6.57. The number of nitrogens with zero attached hydrogens (tertiary/aromatic N) is 3. The van der Waals surface area contributed by atoms with E-state index in [1.807, 2.05) is 48.7 Å². The molecule has 0 bridgehead atoms. The van der Waals surface area contributed by atoms with Crippen molar-refractivity contribution in [1.82, 2.24) is 9.97 Å². The van der Waals surface area contributed by atoms with Gasteiger partial charge in [0.25, 0.3) is 0 Å². The maximum absolute atomic E-state index is 13.1. The molecule has 0 aliphatic rings. The summed E-state index contributed by atoms with van der Waals surface area (Å²) in [7, 11) is 0. The number of thiophene rings is 1. The van der Waals surface area contributed by atoms with Crippen LogP contribution in [0.4, 0.5) is 5.13 Å². The maximum Gasteiger partial charge on any atom is 0.234 e. The van der Waals surface area contributed by atoms with Crippen molar-refractivity contribution in [2.75, 3.05) is 4.90 Å². The third-order valence-electron chi connectivity index (χ3n) is 4.24. The summed E-state index contributed by atoms with van der Waals surface area (Å²) in [6.07, 6.45) is 3.86. The van der Waals surface area contributed by atoms with Crippen LogP contribution in [-0.2, 0) is 17.8 Å². The van der Waals surface area contributed by atoms with E-state index in [1.54, 1.807) is 28.6 Å². The number of benzene rings is 1. The number of carbonyl (C=O) groups is 1. The Kier molecular flexibility index (Phi) is 5.20. The molecule has 0 aliphatic carbocycles. The van der Waals surface area contributed by atoms with E-state index >= 15 is 0 Å². The Hall–Kier alpha value is -2.28. The number of hydrogen-bond acceptors (Lipinski definition) is 5. The van der Waals surface area contributed by atoms with Crippen LogP contribution in [-0.4, -0.2) is 15.9 Å². The van der Waals surface area contributed by atoms with E-state index < -0.39 is 0 Å². The van der Waals surface area contributed by atoms with Gasteiger partial charge in [0, 0.05) is 22.3 Å². The number of carbonyl (C=O) groups excluding carboxylic acids is 1. The molecule has 0 aliphatic heterocycles. The fourth-order valence-corrected chi connectivity index (χ4v) is 4.69. The van der Waals surface area contributed by atoms with Crippen molar-refractivity contribution >= 4 is 55.5 Å². The van der Waals surface area contributed by atoms with Crippen LogP contribution in [0.15, 0.2) is 54.2 Å². The zero-order chi connectivity index (χ0) is 18.8. The second-order valence-corrected chi connectivity index (χ2v) is 8.56. The molecule has 0 radical (unpaired) electrons. The highest BCUT2D eigenvalue weighted by Crippen LogP contribution is 2.34. The first-order valence-electron chi connectivity index (χ1n) is 8.39. The Morgan fingerprint density at radius 2 is 2.11 bits per heavy atom. The number of fused-ring (bicyclic) bond motifs is 1. The van der Waals surface area contributed by atoms with Crippen LogP contribution in [0.2, 0.25) is 5.02 Å². The SMILES string of the molecule is Cc1c(Cl)ccc2sc(N(Cc3cccnc3)C(=O)Cc3cccs3)nc12. The molecule has 1 amide bonds. The van der Waals surface area contributed by atoms with Gasteiger partial charge < -0.3 is 0 Å². The Balaban J connectivity index is 1.72. The summed E-state index contributed by atoms with van der Waals surface area (Å²) in [6, 6.07) is 11.6. The molecule has 0 N–H and O–H groups in total. The monoisotopic (exact) mass is 413 g/mol. The highest BCUT2D eigenvalue weighted by atomic mass is 35.5. The molecule has 0 spiro atoms. The van der Waals surface area contributed by atoms with E-state index in [9.17, 15) is 4.79 Å². The van der Waals surface area contributed by atoms with Crippen molar-refractivity contribution < 1.29 is 4.79 Å². The summed E-state index contributed by atoms with van der Waals surface area (Å²) in [6.45, 7) is 2.39. The summed E-state index contributed by atoms with van der Waals surface area (Å²) >= 11 is 9.33. The molecule has 0 saturated carbocycles. The van der Waals surface area contributed by atoms with Gasteiger partial charge in [-0.3, -0.25) is 14.7 Å². The fraction of sp³-hybridized carbons (Fsp3) is 0.150. The summed E-state index contributed by atoms with van der Waals surface area (Å²) in [5, 5.41) is 3.35. The van der Waals surface area contributed by atoms with Crippen LogP contribution in [0.5, 0.6) is 0 Å². The topological polar surface area (TPSA) is 46.1 Å². The first-order valence-corrected chi connectivity index (χ1v) is 10.5. The van der Waals surface area contributed by atoms with Crippen LogP contribution < -0.4 is 4.90 Å². The molecule has 0 saturated heterocycles. The van der Waals surface area contributed by atoms with Crippen LogP contribution in [0, 0.1) is 6.92 Å². The number of thiazole rings is 1. The van der Waals surface area contributed by atoms with E-state index in [0.29, 0.717) is 23.1 Å². The molecular formula is C20H16ClN3OS2. The lowest BCUT2D eigenvalue weighted by Crippen LogP contribution is -2.31. The van der Waals surface area contributed by atoms with Gasteiger partial charge in [-0.2, -0.15) is 0 Å². The first-order chi connectivity index (χ1) is 13.1. The molecule has 0 atom stereocenters. The molecule has 0 unspecified atom stereocenters. The molecular weight excluding hydrogens is 398 g/mol. The number of aromatic nitrogens is 2. The highest BCUT2D eigenvalue weighted by Gasteiger charge is 2.21. The number of anilines is 1. The summed E-state index contributed by atoms with van der Waals surface area (Å²) in [5.74, 6) is 0.0177. The van der Waals surface area contributed by atoms with Gasteiger partial charge in [0.15, 0.2) is 5.13 Å². The van der Waals surface area contributed by atoms with Crippen molar-refractivity contribution in [3.05, 3.63) is 75.2 Å². The second kappa shape index (κ2) is 7.76. The average molecular weight is 414 g/mol. The highest BCUT2D eigenvalue weighted by molar-refractivity contribution is 7.22. The van der Waals surface area contributed by atoms with E-state index in [1.165, 1.54) is 11.3 Å². The summed E-state index contributed by atoms with van der Waals surface area (Å²) < 4.78 is 1.02. The zero-order valence-corrected chi connectivity index (χ0v) is 16.9. The molecule has 136 valence electrons. The summed E-state index contributed by atoms with van der Waals surface area (Å²) in [5.41, 5.74) is 2.75. The van der Waals surface area contributed by atoms with Gasteiger partial charge in [-0.25, -0.2) is 4.98 Å². The average Bonchev–Trinajstić information content (AvgIpc) is 3.33. The number of hydrogen-bond donors (Lipinski definition) is 0. The van der Waals surface area contributed by atoms with Crippen molar-refractivity contribution in [2.45, 2.75) is 19.9 Å². The van der Waals surface area contributed by atoms with Crippen LogP contribution >= 0.6 is 34.3 Å². The van der Waals surface area contributed by atoms with E-state index in [0.717, 1.165) is 26.2 Å². The third kappa shape index (κ3) is 3.88. The lowest BCUT2D eigenvalue weighted by atomic mass is 10.2. The number of amides is 1. The Morgan fingerprint density at radius 3 is 2.85 bits per heavy atom. The maximum atomic E-state index is 13.1. The number of pyridine rings is 1. The Labute approximate surface area is 170 Å². The normalized spacial score (nSPS) is 11.0. The van der Waals surface area contributed by atoms with Gasteiger partial charge >= 0.3 is 0 Å². The van der Waals surface area contributed by atoms with Gasteiger partial charge in [0.1, 0.15) is 0 Å². The summed E-state index contributed by atoms with van der Waals surface area (Å²) in [4.78, 5) is 24.8. The van der Waals surface area contributed by atoms with E-state index in [-0.39, 0.29) is 5.91 Å². The Morgan fingerprint density at radius 1 is 1.22 bits per heavy atom. The van der Waals surface area contributed by atoms with Crippen molar-refractivity contribution in [3.63, 3.8) is 0 Å². The lowest BCUT2D eigenvalue weighted by Gasteiger charge is -2.19. The van der Waals surface area contributed by atoms with Crippen LogP contribution in [0.1, 0.15) is 16.0 Å². The van der Waals surface area contributed by atoms with Gasteiger partial charge in [-0.05, 0) is 47.7 Å². The lowest BCUT2D eigenvalue weighted by molar-refractivity contribution is -0.118. The van der Waals surface area contributed by atoms with E-state index in [2.05, 4.69) is 4.98 Å². The van der Waals surface area contributed by atoms with Gasteiger partial charge in [0.2, 0.25) is 5.91 Å². The van der Waals surface area contributed by atoms with Crippen LogP contribution in [0.25, 0.3) is 10.2 Å². The van der Waals surface area contributed by atoms with Gasteiger partial charge in [-0.15, -0.1) is 11.3 Å². The molecule has 0 fully saturated rings. The van der Waals surface area contributed by atoms with Gasteiger partial charge in [0.05, 0.1) is 23.2 Å². The minimum absolute atomic E-state index is 0.0177. The molecule has 4 rings (SSSR count). The molecule has 4 nitrogen and oxygen atoms in total. The standard InChI is InChI=1S/C20H16ClN3OS2/c1-13-16(21)6-7-17-19(13)23-20(27-17)24(12-14-4-2-8-22-11-14)18(25)10-15-5-3-9-26-15/h2-9,11H,10,12H2,1H3. The minimum Gasteiger partial charge on any atom is -0.283 e. The molecule has 3 aromatic heterocycles. The second-order valence-electron chi connectivity index (χ2n) is 6.11. The van der Waals surface area contributed by atoms with Gasteiger partial charge in [-0.1, -0.05) is 35.1 Å². The smallest absolute Gasteiger partial charge is 0.234 e. The van der Waals surface area contributed by atoms with Crippen molar-refractivity contribution in [1.29, 1.82) is 0 Å². The van der Waals surface area contributed by atoms with Crippen molar-refractivity contribution in [3.8, 4) is 0 Å². The quantitative estimate of drug-likeness (QED) is 0.434. The predicted molar refractivity (Wildman–Crippen MR) is 113 cm³/mol. The molecule has 7 heteroatoms. The molecule has 1 aromatic carbocycles. The number of rotatable bonds is 5. The largest absolute Gasteiger partial charge is 0.283 e. The van der Waals surface area contributed by atoms with E-state index in [4.69, 9.17) is 16.6 Å². The zero-order valence-electron chi connectivity index (χ0n) is 14.6. The van der Waals surface area contributed by atoms with Crippen molar-refractivity contribution in [2.24, 2.45) is 0 Å².